The highest BCUT2D eigenvalue weighted by molar-refractivity contribution is 6.35. The molecule has 0 bridgehead atoms. The molecule has 4 rings (SSSR count). The Labute approximate surface area is 264 Å². The van der Waals surface area contributed by atoms with Gasteiger partial charge < -0.3 is 35.5 Å². The van der Waals surface area contributed by atoms with Crippen LogP contribution in [0.15, 0.2) is 48.5 Å². The van der Waals surface area contributed by atoms with Crippen LogP contribution in [0, 0.1) is 13.8 Å². The van der Waals surface area contributed by atoms with Crippen molar-refractivity contribution in [1.29, 1.82) is 0 Å². The van der Waals surface area contributed by atoms with Gasteiger partial charge in [0.2, 0.25) is 0 Å². The summed E-state index contributed by atoms with van der Waals surface area (Å²) in [4.78, 5) is 78.3. The second-order valence-corrected chi connectivity index (χ2v) is 10.7. The Bertz CT molecular complexity index is 1730. The first-order valence-corrected chi connectivity index (χ1v) is 14.3. The average molecular weight is 631 g/mol. The number of hydrogen-bond donors (Lipinski definition) is 5. The summed E-state index contributed by atoms with van der Waals surface area (Å²) < 4.78 is 9.39. The number of carboxylic acids is 1. The molecule has 0 saturated carbocycles. The quantitative estimate of drug-likeness (QED) is 0.148. The number of anilines is 1. The molecule has 1 aliphatic heterocycles. The fourth-order valence-corrected chi connectivity index (χ4v) is 5.15. The van der Waals surface area contributed by atoms with Gasteiger partial charge in [-0.15, -0.1) is 0 Å². The van der Waals surface area contributed by atoms with Crippen LogP contribution in [0.1, 0.15) is 61.6 Å². The van der Waals surface area contributed by atoms with E-state index >= 15 is 0 Å². The number of amides is 3. The van der Waals surface area contributed by atoms with E-state index in [1.165, 1.54) is 26.4 Å². The Balaban J connectivity index is 1.58. The monoisotopic (exact) mass is 630 g/mol. The zero-order chi connectivity index (χ0) is 33.5. The molecule has 1 aliphatic rings. The third-order valence-electron chi connectivity index (χ3n) is 7.60. The summed E-state index contributed by atoms with van der Waals surface area (Å²) in [6.45, 7) is 3.33. The number of nitrogens with one attached hydrogen (secondary N) is 4. The molecular weight excluding hydrogens is 596 g/mol. The number of carbonyl (C=O) groups is 6. The van der Waals surface area contributed by atoms with Crippen LogP contribution in [0.5, 0.6) is 0 Å². The number of aromatic amines is 1. The molecule has 13 nitrogen and oxygen atoms in total. The Hall–Kier alpha value is -5.72. The van der Waals surface area contributed by atoms with Crippen LogP contribution in [-0.2, 0) is 35.1 Å². The van der Waals surface area contributed by atoms with Gasteiger partial charge in [-0.2, -0.15) is 0 Å². The third-order valence-corrected chi connectivity index (χ3v) is 7.60. The maximum absolute atomic E-state index is 13.3. The van der Waals surface area contributed by atoms with E-state index in [9.17, 15) is 33.9 Å². The number of hydrogen-bond acceptors (Lipinski definition) is 8. The maximum atomic E-state index is 13.3. The minimum atomic E-state index is -1.19. The van der Waals surface area contributed by atoms with Gasteiger partial charge in [-0.05, 0) is 55.7 Å². The molecule has 1 aromatic heterocycles. The summed E-state index contributed by atoms with van der Waals surface area (Å²) in [6.07, 6.45) is 1.49. The average Bonchev–Trinajstić information content (AvgIpc) is 3.51. The van der Waals surface area contributed by atoms with Crippen molar-refractivity contribution in [3.8, 4) is 0 Å². The van der Waals surface area contributed by atoms with Gasteiger partial charge in [0.1, 0.15) is 12.1 Å². The maximum Gasteiger partial charge on any atom is 0.328 e. The molecule has 2 aromatic carbocycles. The number of aliphatic carboxylic acids is 1. The Morgan fingerprint density at radius 3 is 2.28 bits per heavy atom. The summed E-state index contributed by atoms with van der Waals surface area (Å²) in [5.74, 6) is -4.10. The minimum Gasteiger partial charge on any atom is -0.480 e. The van der Waals surface area contributed by atoms with Crippen LogP contribution in [0.2, 0.25) is 0 Å². The first kappa shape index (κ1) is 33.2. The highest BCUT2D eigenvalue weighted by Gasteiger charge is 2.29. The predicted molar refractivity (Wildman–Crippen MR) is 167 cm³/mol. The van der Waals surface area contributed by atoms with Crippen LogP contribution in [-0.4, -0.2) is 72.0 Å². The van der Waals surface area contributed by atoms with Gasteiger partial charge in [0, 0.05) is 41.0 Å². The second kappa shape index (κ2) is 14.4. The van der Waals surface area contributed by atoms with Crippen LogP contribution in [0.3, 0.4) is 0 Å². The minimum absolute atomic E-state index is 0.0309. The van der Waals surface area contributed by atoms with Gasteiger partial charge in [0.25, 0.3) is 17.7 Å². The second-order valence-electron chi connectivity index (χ2n) is 10.7. The number of ether oxygens (including phenoxy) is 2. The number of esters is 2. The topological polar surface area (TPSA) is 193 Å². The lowest BCUT2D eigenvalue weighted by Crippen LogP contribution is -2.42. The normalized spacial score (nSPS) is 14.1. The number of H-pyrrole nitrogens is 1. The molecule has 5 N–H and O–H groups in total. The molecule has 0 aliphatic carbocycles. The molecule has 0 unspecified atom stereocenters. The molecule has 0 radical (unpaired) electrons. The van der Waals surface area contributed by atoms with E-state index in [4.69, 9.17) is 4.74 Å². The lowest BCUT2D eigenvalue weighted by Gasteiger charge is -2.16. The fourth-order valence-electron chi connectivity index (χ4n) is 5.15. The van der Waals surface area contributed by atoms with Crippen molar-refractivity contribution >= 4 is 53.0 Å². The smallest absolute Gasteiger partial charge is 0.328 e. The number of methoxy groups -OCH3 is 2. The number of aryl methyl sites for hydroxylation is 1. The number of carboxylic acid groups (broad SMARTS) is 1. The SMILES string of the molecule is COC(=O)CC[C@H](NC(=O)c1c(C)[nH]c(/C=C2\C(=O)Nc3ccc(C(=O)N[C@@H](Cc4ccccc4)C(=O)O)cc32)c1C)C(=O)OC. The summed E-state index contributed by atoms with van der Waals surface area (Å²) in [5.41, 5.74) is 3.61. The zero-order valence-corrected chi connectivity index (χ0v) is 25.7. The van der Waals surface area contributed by atoms with Gasteiger partial charge in [0.15, 0.2) is 0 Å². The van der Waals surface area contributed by atoms with Gasteiger partial charge >= 0.3 is 17.9 Å². The fraction of sp³-hybridized carbons (Fsp3) is 0.273. The number of fused-ring (bicyclic) bond motifs is 1. The standard InChI is InChI=1S/C33H34N4O9/c1-17-25(34-18(2)28(17)31(41)36-24(33(44)46-4)12-13-27(38)45-3)16-22-21-15-20(10-11-23(21)35-30(22)40)29(39)37-26(32(42)43)14-19-8-6-5-7-9-19/h5-11,15-16,24,26,34H,12-14H2,1-4H3,(H,35,40)(H,36,41)(H,37,39)(H,42,43)/b22-16-/t24-,26-/m0/s1. The van der Waals surface area contributed by atoms with Crippen LogP contribution in [0.25, 0.3) is 11.6 Å². The van der Waals surface area contributed by atoms with E-state index in [2.05, 4.69) is 25.7 Å². The molecule has 2 atom stereocenters. The van der Waals surface area contributed by atoms with Gasteiger partial charge in [0.05, 0.1) is 25.4 Å². The summed E-state index contributed by atoms with van der Waals surface area (Å²) in [7, 11) is 2.39. The molecule has 240 valence electrons. The Morgan fingerprint density at radius 1 is 0.935 bits per heavy atom. The van der Waals surface area contributed by atoms with Crippen molar-refractivity contribution in [2.24, 2.45) is 0 Å². The lowest BCUT2D eigenvalue weighted by atomic mass is 10.0. The van der Waals surface area contributed by atoms with Crippen molar-refractivity contribution < 1.29 is 43.3 Å². The van der Waals surface area contributed by atoms with E-state index in [0.717, 1.165) is 5.56 Å². The van der Waals surface area contributed by atoms with Crippen molar-refractivity contribution in [3.63, 3.8) is 0 Å². The number of benzene rings is 2. The highest BCUT2D eigenvalue weighted by Crippen LogP contribution is 2.35. The first-order chi connectivity index (χ1) is 21.9. The molecule has 46 heavy (non-hydrogen) atoms. The Morgan fingerprint density at radius 2 is 1.63 bits per heavy atom. The molecule has 3 aromatic rings. The van der Waals surface area contributed by atoms with Crippen LogP contribution in [0.4, 0.5) is 5.69 Å². The summed E-state index contributed by atoms with van der Waals surface area (Å²) in [5, 5.41) is 17.6. The molecule has 2 heterocycles. The van der Waals surface area contributed by atoms with Gasteiger partial charge in [-0.3, -0.25) is 19.2 Å². The summed E-state index contributed by atoms with van der Waals surface area (Å²) in [6, 6.07) is 11.2. The number of aromatic nitrogens is 1. The molecule has 0 spiro atoms. The van der Waals surface area contributed by atoms with E-state index in [-0.39, 0.29) is 36.0 Å². The lowest BCUT2D eigenvalue weighted by molar-refractivity contribution is -0.144. The van der Waals surface area contributed by atoms with E-state index in [1.54, 1.807) is 50.3 Å². The zero-order valence-electron chi connectivity index (χ0n) is 25.7. The van der Waals surface area contributed by atoms with E-state index in [1.807, 2.05) is 6.07 Å². The van der Waals surface area contributed by atoms with Crippen molar-refractivity contribution in [3.05, 3.63) is 87.7 Å². The molecule has 0 fully saturated rings. The molecular formula is C33H34N4O9. The van der Waals surface area contributed by atoms with Crippen LogP contribution >= 0.6 is 0 Å². The van der Waals surface area contributed by atoms with Crippen molar-refractivity contribution in [1.82, 2.24) is 15.6 Å². The molecule has 13 heteroatoms. The van der Waals surface area contributed by atoms with E-state index < -0.39 is 47.7 Å². The van der Waals surface area contributed by atoms with Crippen molar-refractivity contribution in [2.45, 2.75) is 45.2 Å². The first-order valence-electron chi connectivity index (χ1n) is 14.3. The molecule has 3 amide bonds. The third kappa shape index (κ3) is 7.49. The molecule has 0 saturated heterocycles. The largest absolute Gasteiger partial charge is 0.480 e. The summed E-state index contributed by atoms with van der Waals surface area (Å²) >= 11 is 0. The number of carbonyl (C=O) groups excluding carboxylic acids is 5. The van der Waals surface area contributed by atoms with Gasteiger partial charge in [-0.25, -0.2) is 9.59 Å². The van der Waals surface area contributed by atoms with Gasteiger partial charge in [-0.1, -0.05) is 30.3 Å². The van der Waals surface area contributed by atoms with Crippen molar-refractivity contribution in [2.75, 3.05) is 19.5 Å². The van der Waals surface area contributed by atoms with Crippen LogP contribution < -0.4 is 16.0 Å². The Kier molecular flexibility index (Phi) is 10.4. The van der Waals surface area contributed by atoms with E-state index in [0.29, 0.717) is 28.2 Å². The highest BCUT2D eigenvalue weighted by atomic mass is 16.5. The predicted octanol–water partition coefficient (Wildman–Crippen LogP) is 2.77. The number of rotatable bonds is 12.